The van der Waals surface area contributed by atoms with E-state index in [9.17, 15) is 0 Å². The minimum atomic E-state index is 0.298. The van der Waals surface area contributed by atoms with Gasteiger partial charge in [0.2, 0.25) is 5.95 Å². The molecule has 1 aliphatic rings. The Bertz CT molecular complexity index is 838. The first-order valence-electron chi connectivity index (χ1n) is 8.66. The van der Waals surface area contributed by atoms with Crippen LogP contribution in [-0.4, -0.2) is 27.5 Å². The molecule has 0 atom stereocenters. The Morgan fingerprint density at radius 1 is 1.16 bits per heavy atom. The van der Waals surface area contributed by atoms with E-state index in [4.69, 9.17) is 11.5 Å². The molecular weight excluding hydrogens is 332 g/mol. The molecule has 0 saturated heterocycles. The fourth-order valence-electron chi connectivity index (χ4n) is 3.17. The van der Waals surface area contributed by atoms with Gasteiger partial charge in [-0.3, -0.25) is 0 Å². The first-order chi connectivity index (χ1) is 12.2. The number of aromatic nitrogens is 3. The third-order valence-electron chi connectivity index (χ3n) is 4.57. The molecule has 0 amide bonds. The van der Waals surface area contributed by atoms with Crippen LogP contribution in [0.15, 0.2) is 30.3 Å². The highest BCUT2D eigenvalue weighted by molar-refractivity contribution is 7.18. The van der Waals surface area contributed by atoms with Crippen molar-refractivity contribution in [3.63, 3.8) is 0 Å². The minimum absolute atomic E-state index is 0.298. The summed E-state index contributed by atoms with van der Waals surface area (Å²) in [6, 6.07) is 10.6. The van der Waals surface area contributed by atoms with Gasteiger partial charge in [0.15, 0.2) is 0 Å². The smallest absolute Gasteiger partial charge is 0.222 e. The van der Waals surface area contributed by atoms with Gasteiger partial charge in [-0.25, -0.2) is 9.97 Å². The standard InChI is InChI=1S/C18H22N6S/c19-12-8-11(9-12)14-10-16(24-18(20)23-14)21-7-3-6-17-22-13-4-1-2-5-15(13)25-17/h1-2,4-5,10-12H,3,6-9,19H2,(H3,20,21,23,24). The summed E-state index contributed by atoms with van der Waals surface area (Å²) in [5.41, 5.74) is 13.8. The summed E-state index contributed by atoms with van der Waals surface area (Å²) < 4.78 is 1.25. The van der Waals surface area contributed by atoms with Crippen LogP contribution >= 0.6 is 11.3 Å². The van der Waals surface area contributed by atoms with E-state index in [0.717, 1.165) is 49.3 Å². The van der Waals surface area contributed by atoms with E-state index in [1.807, 2.05) is 12.1 Å². The quantitative estimate of drug-likeness (QED) is 0.588. The monoisotopic (exact) mass is 354 g/mol. The molecule has 1 saturated carbocycles. The zero-order valence-electron chi connectivity index (χ0n) is 14.0. The normalized spacial score (nSPS) is 19.7. The SMILES string of the molecule is Nc1nc(NCCCc2nc3ccccc3s2)cc(C2CC(N)C2)n1. The van der Waals surface area contributed by atoms with Crippen LogP contribution in [0.1, 0.15) is 35.9 Å². The topological polar surface area (TPSA) is 103 Å². The molecule has 130 valence electrons. The summed E-state index contributed by atoms with van der Waals surface area (Å²) in [6.45, 7) is 0.829. The third-order valence-corrected chi connectivity index (χ3v) is 5.66. The molecule has 1 aromatic carbocycles. The van der Waals surface area contributed by atoms with Gasteiger partial charge < -0.3 is 16.8 Å². The van der Waals surface area contributed by atoms with Gasteiger partial charge in [0.1, 0.15) is 5.82 Å². The maximum absolute atomic E-state index is 5.87. The van der Waals surface area contributed by atoms with E-state index in [0.29, 0.717) is 17.9 Å². The van der Waals surface area contributed by atoms with Crippen molar-refractivity contribution < 1.29 is 0 Å². The number of nitrogen functional groups attached to an aromatic ring is 1. The highest BCUT2D eigenvalue weighted by atomic mass is 32.1. The molecule has 5 N–H and O–H groups in total. The van der Waals surface area contributed by atoms with Crippen LogP contribution in [0.4, 0.5) is 11.8 Å². The Balaban J connectivity index is 1.32. The lowest BCUT2D eigenvalue weighted by Crippen LogP contribution is -2.35. The minimum Gasteiger partial charge on any atom is -0.370 e. The summed E-state index contributed by atoms with van der Waals surface area (Å²) >= 11 is 1.77. The zero-order chi connectivity index (χ0) is 17.2. The average Bonchev–Trinajstić information content (AvgIpc) is 2.98. The van der Waals surface area contributed by atoms with Gasteiger partial charge in [-0.1, -0.05) is 12.1 Å². The number of benzene rings is 1. The largest absolute Gasteiger partial charge is 0.370 e. The van der Waals surface area contributed by atoms with Crippen molar-refractivity contribution in [1.29, 1.82) is 0 Å². The lowest BCUT2D eigenvalue weighted by Gasteiger charge is -2.32. The molecular formula is C18H22N6S. The number of hydrogen-bond donors (Lipinski definition) is 3. The number of nitrogens with zero attached hydrogens (tertiary/aromatic N) is 3. The summed E-state index contributed by atoms with van der Waals surface area (Å²) in [5, 5.41) is 4.53. The number of rotatable bonds is 6. The first-order valence-corrected chi connectivity index (χ1v) is 9.47. The third kappa shape index (κ3) is 3.72. The van der Waals surface area contributed by atoms with Gasteiger partial charge in [0, 0.05) is 31.0 Å². The van der Waals surface area contributed by atoms with E-state index in [1.54, 1.807) is 11.3 Å². The van der Waals surface area contributed by atoms with Crippen molar-refractivity contribution in [2.24, 2.45) is 5.73 Å². The molecule has 4 rings (SSSR count). The second-order valence-electron chi connectivity index (χ2n) is 6.57. The van der Waals surface area contributed by atoms with Crippen molar-refractivity contribution in [3.8, 4) is 0 Å². The zero-order valence-corrected chi connectivity index (χ0v) is 14.8. The Morgan fingerprint density at radius 3 is 2.80 bits per heavy atom. The maximum Gasteiger partial charge on any atom is 0.222 e. The first kappa shape index (κ1) is 16.2. The summed E-state index contributed by atoms with van der Waals surface area (Å²) in [4.78, 5) is 13.3. The van der Waals surface area contributed by atoms with E-state index in [-0.39, 0.29) is 0 Å². The fourth-order valence-corrected chi connectivity index (χ4v) is 4.18. The van der Waals surface area contributed by atoms with Crippen LogP contribution in [0.25, 0.3) is 10.2 Å². The molecule has 0 unspecified atom stereocenters. The fraction of sp³-hybridized carbons (Fsp3) is 0.389. The second kappa shape index (κ2) is 6.93. The van der Waals surface area contributed by atoms with Gasteiger partial charge in [-0.2, -0.15) is 4.98 Å². The molecule has 2 heterocycles. The number of anilines is 2. The van der Waals surface area contributed by atoms with Gasteiger partial charge in [0.05, 0.1) is 20.9 Å². The Morgan fingerprint density at radius 2 is 2.00 bits per heavy atom. The predicted octanol–water partition coefficient (Wildman–Crippen LogP) is 2.92. The maximum atomic E-state index is 5.87. The molecule has 6 nitrogen and oxygen atoms in total. The Kier molecular flexibility index (Phi) is 4.50. The lowest BCUT2D eigenvalue weighted by molar-refractivity contribution is 0.345. The van der Waals surface area contributed by atoms with Gasteiger partial charge in [0.25, 0.3) is 0 Å². The summed E-state index contributed by atoms with van der Waals surface area (Å²) in [5.74, 6) is 1.54. The number of para-hydroxylation sites is 1. The van der Waals surface area contributed by atoms with Crippen LogP contribution in [0.3, 0.4) is 0 Å². The lowest BCUT2D eigenvalue weighted by atomic mass is 9.78. The number of fused-ring (bicyclic) bond motifs is 1. The average molecular weight is 354 g/mol. The molecule has 0 aliphatic heterocycles. The van der Waals surface area contributed by atoms with Crippen LogP contribution < -0.4 is 16.8 Å². The van der Waals surface area contributed by atoms with Crippen LogP contribution in [0.5, 0.6) is 0 Å². The number of nitrogens with two attached hydrogens (primary N) is 2. The molecule has 25 heavy (non-hydrogen) atoms. The highest BCUT2D eigenvalue weighted by Crippen LogP contribution is 2.35. The predicted molar refractivity (Wildman–Crippen MR) is 103 cm³/mol. The number of aryl methyl sites for hydroxylation is 1. The van der Waals surface area contributed by atoms with E-state index >= 15 is 0 Å². The summed E-state index contributed by atoms with van der Waals surface area (Å²) in [7, 11) is 0. The molecule has 7 heteroatoms. The number of hydrogen-bond acceptors (Lipinski definition) is 7. The van der Waals surface area contributed by atoms with Gasteiger partial charge in [-0.15, -0.1) is 11.3 Å². The highest BCUT2D eigenvalue weighted by Gasteiger charge is 2.29. The molecule has 0 radical (unpaired) electrons. The van der Waals surface area contributed by atoms with Crippen molar-refractivity contribution in [2.45, 2.75) is 37.6 Å². The van der Waals surface area contributed by atoms with Crippen LogP contribution in [0.2, 0.25) is 0 Å². The number of nitrogens with one attached hydrogen (secondary N) is 1. The molecule has 0 bridgehead atoms. The number of thiazole rings is 1. The van der Waals surface area contributed by atoms with Crippen molar-refractivity contribution in [2.75, 3.05) is 17.6 Å². The van der Waals surface area contributed by atoms with E-state index in [1.165, 1.54) is 9.71 Å². The van der Waals surface area contributed by atoms with Crippen molar-refractivity contribution in [1.82, 2.24) is 15.0 Å². The van der Waals surface area contributed by atoms with Crippen LogP contribution in [0, 0.1) is 0 Å². The Hall–Kier alpha value is -2.25. The second-order valence-corrected chi connectivity index (χ2v) is 7.69. The van der Waals surface area contributed by atoms with E-state index < -0.39 is 0 Å². The van der Waals surface area contributed by atoms with Gasteiger partial charge >= 0.3 is 0 Å². The van der Waals surface area contributed by atoms with Crippen LogP contribution in [-0.2, 0) is 6.42 Å². The van der Waals surface area contributed by atoms with Crippen molar-refractivity contribution in [3.05, 3.63) is 41.0 Å². The van der Waals surface area contributed by atoms with Gasteiger partial charge in [-0.05, 0) is 31.4 Å². The molecule has 3 aromatic rings. The van der Waals surface area contributed by atoms with Crippen molar-refractivity contribution >= 4 is 33.3 Å². The van der Waals surface area contributed by atoms with E-state index in [2.05, 4.69) is 38.5 Å². The molecule has 1 fully saturated rings. The Labute approximate surface area is 150 Å². The summed E-state index contributed by atoms with van der Waals surface area (Å²) in [6.07, 6.45) is 3.91. The molecule has 1 aliphatic carbocycles. The molecule has 0 spiro atoms. The molecule has 2 aromatic heterocycles.